The molecule has 0 saturated carbocycles. The van der Waals surface area contributed by atoms with Crippen molar-refractivity contribution in [1.82, 2.24) is 4.72 Å². The molecule has 1 fully saturated rings. The number of aliphatic hydroxyl groups excluding tert-OH is 1. The van der Waals surface area contributed by atoms with Crippen LogP contribution < -0.4 is 10.2 Å². The van der Waals surface area contributed by atoms with Gasteiger partial charge < -0.3 is 14.4 Å². The van der Waals surface area contributed by atoms with Crippen LogP contribution >= 0.6 is 0 Å². The van der Waals surface area contributed by atoms with Crippen molar-refractivity contribution in [1.29, 1.82) is 0 Å². The standard InChI is InChI=1S/C14H22BNO5S/c1-13(2)14(3,4)21-15(20-13)11-5-7-12(8-6-11)22(18,19)16-9-10-17/h5-8,16-17H,9-10H2,1-4H3. The monoisotopic (exact) mass is 327 g/mol. The van der Waals surface area contributed by atoms with Crippen LogP contribution in [0.1, 0.15) is 27.7 Å². The molecule has 2 rings (SSSR count). The Hall–Kier alpha value is -0.925. The van der Waals surface area contributed by atoms with Crippen molar-refractivity contribution in [3.05, 3.63) is 24.3 Å². The first-order valence-electron chi connectivity index (χ1n) is 7.15. The zero-order valence-corrected chi connectivity index (χ0v) is 14.1. The van der Waals surface area contributed by atoms with E-state index in [0.29, 0.717) is 0 Å². The molecule has 0 atom stereocenters. The van der Waals surface area contributed by atoms with Gasteiger partial charge in [-0.2, -0.15) is 0 Å². The number of aliphatic hydroxyl groups is 1. The van der Waals surface area contributed by atoms with Gasteiger partial charge >= 0.3 is 7.12 Å². The van der Waals surface area contributed by atoms with Crippen LogP contribution in [0, 0.1) is 0 Å². The molecule has 22 heavy (non-hydrogen) atoms. The minimum absolute atomic E-state index is 0.0126. The number of hydrogen-bond acceptors (Lipinski definition) is 5. The molecular formula is C14H22BNO5S. The summed E-state index contributed by atoms with van der Waals surface area (Å²) in [6, 6.07) is 6.35. The number of rotatable bonds is 5. The van der Waals surface area contributed by atoms with E-state index in [2.05, 4.69) is 4.72 Å². The van der Waals surface area contributed by atoms with Crippen molar-refractivity contribution >= 4 is 22.6 Å². The second kappa shape index (κ2) is 5.94. The Balaban J connectivity index is 2.17. The fraction of sp³-hybridized carbons (Fsp3) is 0.571. The van der Waals surface area contributed by atoms with Gasteiger partial charge in [0.25, 0.3) is 0 Å². The molecule has 1 heterocycles. The zero-order chi connectivity index (χ0) is 16.6. The molecule has 1 aromatic carbocycles. The Labute approximate surface area is 132 Å². The van der Waals surface area contributed by atoms with E-state index in [9.17, 15) is 8.42 Å². The minimum Gasteiger partial charge on any atom is -0.399 e. The van der Waals surface area contributed by atoms with Crippen molar-refractivity contribution in [3.63, 3.8) is 0 Å². The van der Waals surface area contributed by atoms with Crippen LogP contribution in [0.2, 0.25) is 0 Å². The van der Waals surface area contributed by atoms with Crippen LogP contribution in [0.25, 0.3) is 0 Å². The van der Waals surface area contributed by atoms with Gasteiger partial charge in [0, 0.05) is 6.54 Å². The summed E-state index contributed by atoms with van der Waals surface area (Å²) < 4.78 is 38.0. The summed E-state index contributed by atoms with van der Waals surface area (Å²) >= 11 is 0. The van der Waals surface area contributed by atoms with Gasteiger partial charge in [0.05, 0.1) is 22.7 Å². The van der Waals surface area contributed by atoms with Gasteiger partial charge in [-0.15, -0.1) is 0 Å². The summed E-state index contributed by atoms with van der Waals surface area (Å²) in [4.78, 5) is 0.140. The average Bonchev–Trinajstić information content (AvgIpc) is 2.65. The molecular weight excluding hydrogens is 305 g/mol. The first kappa shape index (κ1) is 17.4. The van der Waals surface area contributed by atoms with Crippen LogP contribution in [0.15, 0.2) is 29.2 Å². The fourth-order valence-corrected chi connectivity index (χ4v) is 3.07. The van der Waals surface area contributed by atoms with E-state index in [1.54, 1.807) is 12.1 Å². The lowest BCUT2D eigenvalue weighted by Gasteiger charge is -2.32. The quantitative estimate of drug-likeness (QED) is 0.758. The number of sulfonamides is 1. The van der Waals surface area contributed by atoms with Crippen LogP contribution in [0.3, 0.4) is 0 Å². The Bertz CT molecular complexity index is 611. The van der Waals surface area contributed by atoms with Gasteiger partial charge in [0.2, 0.25) is 10.0 Å². The summed E-state index contributed by atoms with van der Waals surface area (Å²) in [7, 11) is -4.12. The lowest BCUT2D eigenvalue weighted by atomic mass is 9.79. The van der Waals surface area contributed by atoms with E-state index in [0.717, 1.165) is 5.46 Å². The molecule has 0 unspecified atom stereocenters. The van der Waals surface area contributed by atoms with Crippen molar-refractivity contribution in [2.75, 3.05) is 13.2 Å². The Morgan fingerprint density at radius 1 is 1.09 bits per heavy atom. The fourth-order valence-electron chi connectivity index (χ4n) is 2.05. The first-order chi connectivity index (χ1) is 10.1. The van der Waals surface area contributed by atoms with Crippen molar-refractivity contribution in [2.45, 2.75) is 43.8 Å². The van der Waals surface area contributed by atoms with Gasteiger partial charge in [-0.05, 0) is 45.3 Å². The average molecular weight is 327 g/mol. The third kappa shape index (κ3) is 3.36. The molecule has 0 spiro atoms. The largest absolute Gasteiger partial charge is 0.494 e. The second-order valence-corrected chi connectivity index (χ2v) is 8.05. The normalized spacial score (nSPS) is 20.3. The molecule has 8 heteroatoms. The molecule has 0 aromatic heterocycles. The van der Waals surface area contributed by atoms with E-state index in [-0.39, 0.29) is 18.0 Å². The highest BCUT2D eigenvalue weighted by atomic mass is 32.2. The summed E-state index contributed by atoms with van der Waals surface area (Å²) in [5.41, 5.74) is -0.115. The number of nitrogens with one attached hydrogen (secondary N) is 1. The lowest BCUT2D eigenvalue weighted by molar-refractivity contribution is 0.00578. The Morgan fingerprint density at radius 2 is 1.59 bits per heavy atom. The van der Waals surface area contributed by atoms with Crippen LogP contribution in [0.5, 0.6) is 0 Å². The van der Waals surface area contributed by atoms with Gasteiger partial charge in [0.15, 0.2) is 0 Å². The number of hydrogen-bond donors (Lipinski definition) is 2. The summed E-state index contributed by atoms with van der Waals surface area (Å²) in [5, 5.41) is 8.70. The SMILES string of the molecule is CC1(C)OB(c2ccc(S(=O)(=O)NCCO)cc2)OC1(C)C. The van der Waals surface area contributed by atoms with Gasteiger partial charge in [-0.3, -0.25) is 0 Å². The molecule has 122 valence electrons. The Morgan fingerprint density at radius 3 is 2.05 bits per heavy atom. The highest BCUT2D eigenvalue weighted by Gasteiger charge is 2.51. The summed E-state index contributed by atoms with van der Waals surface area (Å²) in [6.07, 6.45) is 0. The van der Waals surface area contributed by atoms with E-state index in [4.69, 9.17) is 14.4 Å². The van der Waals surface area contributed by atoms with Crippen molar-refractivity contribution in [2.24, 2.45) is 0 Å². The van der Waals surface area contributed by atoms with Gasteiger partial charge in [-0.25, -0.2) is 13.1 Å². The smallest absolute Gasteiger partial charge is 0.399 e. The predicted octanol–water partition coefficient (Wildman–Crippen LogP) is 0.256. The van der Waals surface area contributed by atoms with Crippen molar-refractivity contribution < 1.29 is 22.8 Å². The highest BCUT2D eigenvalue weighted by Crippen LogP contribution is 2.36. The Kier molecular flexibility index (Phi) is 4.70. The topological polar surface area (TPSA) is 84.9 Å². The lowest BCUT2D eigenvalue weighted by Crippen LogP contribution is -2.41. The van der Waals surface area contributed by atoms with E-state index < -0.39 is 28.3 Å². The molecule has 0 aliphatic carbocycles. The second-order valence-electron chi connectivity index (χ2n) is 6.28. The number of benzene rings is 1. The molecule has 2 N–H and O–H groups in total. The predicted molar refractivity (Wildman–Crippen MR) is 84.4 cm³/mol. The molecule has 0 amide bonds. The first-order valence-corrected chi connectivity index (χ1v) is 8.63. The minimum atomic E-state index is -3.60. The third-order valence-corrected chi connectivity index (χ3v) is 5.60. The zero-order valence-electron chi connectivity index (χ0n) is 13.3. The molecule has 0 bridgehead atoms. The molecule has 6 nitrogen and oxygen atoms in total. The molecule has 1 aliphatic heterocycles. The third-order valence-electron chi connectivity index (χ3n) is 4.12. The summed E-state index contributed by atoms with van der Waals surface area (Å²) in [6.45, 7) is 7.59. The molecule has 1 saturated heterocycles. The van der Waals surface area contributed by atoms with Crippen molar-refractivity contribution in [3.8, 4) is 0 Å². The maximum absolute atomic E-state index is 11.9. The molecule has 1 aliphatic rings. The maximum Gasteiger partial charge on any atom is 0.494 e. The van der Waals surface area contributed by atoms with Crippen LogP contribution in [-0.2, 0) is 19.3 Å². The van der Waals surface area contributed by atoms with Crippen LogP contribution in [-0.4, -0.2) is 45.0 Å². The van der Waals surface area contributed by atoms with Gasteiger partial charge in [-0.1, -0.05) is 12.1 Å². The maximum atomic E-state index is 11.9. The molecule has 0 radical (unpaired) electrons. The van der Waals surface area contributed by atoms with E-state index >= 15 is 0 Å². The van der Waals surface area contributed by atoms with E-state index in [1.165, 1.54) is 12.1 Å². The van der Waals surface area contributed by atoms with Crippen LogP contribution in [0.4, 0.5) is 0 Å². The van der Waals surface area contributed by atoms with Gasteiger partial charge in [0.1, 0.15) is 0 Å². The van der Waals surface area contributed by atoms with E-state index in [1.807, 2.05) is 27.7 Å². The summed E-state index contributed by atoms with van der Waals surface area (Å²) in [5.74, 6) is 0. The molecule has 1 aromatic rings. The highest BCUT2D eigenvalue weighted by molar-refractivity contribution is 7.89.